The third kappa shape index (κ3) is 5.46. The fraction of sp³-hybridized carbons (Fsp3) is 0.238. The van der Waals surface area contributed by atoms with Crippen molar-refractivity contribution in [3.8, 4) is 11.3 Å². The zero-order valence-corrected chi connectivity index (χ0v) is 15.1. The number of hydrogen-bond acceptors (Lipinski definition) is 3. The molecule has 1 atom stereocenters. The molecule has 0 saturated carbocycles. The first-order chi connectivity index (χ1) is 11.7. The summed E-state index contributed by atoms with van der Waals surface area (Å²) in [6, 6.07) is 22.3. The Morgan fingerprint density at radius 3 is 2.36 bits per heavy atom. The number of hydrogen-bond donors (Lipinski definition) is 2. The molecule has 0 aliphatic rings. The molecule has 0 bridgehead atoms. The predicted octanol–water partition coefficient (Wildman–Crippen LogP) is 4.75. The van der Waals surface area contributed by atoms with E-state index < -0.39 is 6.10 Å². The van der Waals surface area contributed by atoms with Gasteiger partial charge in [-0.25, -0.2) is 0 Å². The molecule has 0 aliphatic carbocycles. The molecule has 0 radical (unpaired) electrons. The summed E-state index contributed by atoms with van der Waals surface area (Å²) in [5.74, 6) is 1.78. The summed E-state index contributed by atoms with van der Waals surface area (Å²) in [5.41, 5.74) is 3.27. The molecule has 0 spiro atoms. The van der Waals surface area contributed by atoms with Gasteiger partial charge in [-0.2, -0.15) is 0 Å². The molecule has 0 saturated heterocycles. The fourth-order valence-corrected chi connectivity index (χ4v) is 2.64. The highest BCUT2D eigenvalue weighted by Crippen LogP contribution is 2.24. The molecule has 2 aromatic carbocycles. The number of aliphatic hydroxyl groups excluding tert-OH is 1. The minimum Gasteiger partial charge on any atom is -0.460 e. The van der Waals surface area contributed by atoms with Crippen LogP contribution < -0.4 is 5.32 Å². The molecular weight excluding hydrogens is 334 g/mol. The molecule has 2 N–H and O–H groups in total. The molecule has 0 fully saturated rings. The van der Waals surface area contributed by atoms with Crippen molar-refractivity contribution in [3.63, 3.8) is 0 Å². The van der Waals surface area contributed by atoms with Crippen molar-refractivity contribution in [2.24, 2.45) is 0 Å². The van der Waals surface area contributed by atoms with Crippen molar-refractivity contribution in [1.82, 2.24) is 5.32 Å². The van der Waals surface area contributed by atoms with Crippen molar-refractivity contribution in [2.75, 3.05) is 6.54 Å². The first-order valence-corrected chi connectivity index (χ1v) is 8.34. The third-order valence-corrected chi connectivity index (χ3v) is 4.07. The van der Waals surface area contributed by atoms with Crippen molar-refractivity contribution < 1.29 is 9.52 Å². The standard InChI is InChI=1S/C21H23NO2.ClH/c1-16(23)18-7-9-19(10-8-18)21-12-11-20(24-21)15-22-14-13-17-5-3-2-4-6-17;/h2-12,16,22-23H,13-15H2,1H3;1H. The minimum absolute atomic E-state index is 0. The molecular formula is C21H24ClNO2. The molecule has 1 unspecified atom stereocenters. The highest BCUT2D eigenvalue weighted by Gasteiger charge is 2.06. The van der Waals surface area contributed by atoms with Gasteiger partial charge < -0.3 is 14.8 Å². The highest BCUT2D eigenvalue weighted by molar-refractivity contribution is 5.85. The van der Waals surface area contributed by atoms with E-state index in [4.69, 9.17) is 4.42 Å². The summed E-state index contributed by atoms with van der Waals surface area (Å²) in [6.45, 7) is 3.41. The van der Waals surface area contributed by atoms with E-state index in [0.29, 0.717) is 0 Å². The average molecular weight is 358 g/mol. The van der Waals surface area contributed by atoms with Crippen LogP contribution in [0, 0.1) is 0 Å². The second kappa shape index (κ2) is 9.42. The summed E-state index contributed by atoms with van der Waals surface area (Å²) in [4.78, 5) is 0. The van der Waals surface area contributed by atoms with Gasteiger partial charge in [-0.3, -0.25) is 0 Å². The van der Waals surface area contributed by atoms with E-state index in [1.807, 2.05) is 42.5 Å². The maximum Gasteiger partial charge on any atom is 0.134 e. The van der Waals surface area contributed by atoms with Gasteiger partial charge in [0.2, 0.25) is 0 Å². The molecule has 1 aromatic heterocycles. The Balaban J connectivity index is 0.00000225. The maximum absolute atomic E-state index is 9.56. The first-order valence-electron chi connectivity index (χ1n) is 8.34. The van der Waals surface area contributed by atoms with Crippen molar-refractivity contribution in [2.45, 2.75) is 26.0 Å². The zero-order chi connectivity index (χ0) is 16.8. The number of rotatable bonds is 7. The SMILES string of the molecule is CC(O)c1ccc(-c2ccc(CNCCc3ccccc3)o2)cc1.Cl. The van der Waals surface area contributed by atoms with Gasteiger partial charge in [0.05, 0.1) is 12.6 Å². The minimum atomic E-state index is -0.444. The van der Waals surface area contributed by atoms with Crippen LogP contribution in [0.3, 0.4) is 0 Å². The van der Waals surface area contributed by atoms with Gasteiger partial charge >= 0.3 is 0 Å². The highest BCUT2D eigenvalue weighted by atomic mass is 35.5. The van der Waals surface area contributed by atoms with Crippen LogP contribution in [0.2, 0.25) is 0 Å². The molecule has 25 heavy (non-hydrogen) atoms. The Morgan fingerprint density at radius 1 is 0.960 bits per heavy atom. The largest absolute Gasteiger partial charge is 0.460 e. The second-order valence-corrected chi connectivity index (χ2v) is 5.98. The van der Waals surface area contributed by atoms with Crippen LogP contribution in [0.25, 0.3) is 11.3 Å². The van der Waals surface area contributed by atoms with Gasteiger partial charge in [-0.15, -0.1) is 12.4 Å². The monoisotopic (exact) mass is 357 g/mol. The lowest BCUT2D eigenvalue weighted by atomic mass is 10.1. The fourth-order valence-electron chi connectivity index (χ4n) is 2.64. The van der Waals surface area contributed by atoms with Crippen LogP contribution in [0.1, 0.15) is 29.9 Å². The molecule has 0 aliphatic heterocycles. The summed E-state index contributed by atoms with van der Waals surface area (Å²) >= 11 is 0. The first kappa shape index (κ1) is 19.3. The summed E-state index contributed by atoms with van der Waals surface area (Å²) in [7, 11) is 0. The predicted molar refractivity (Wildman–Crippen MR) is 104 cm³/mol. The molecule has 3 aromatic rings. The van der Waals surface area contributed by atoms with E-state index >= 15 is 0 Å². The van der Waals surface area contributed by atoms with E-state index in [9.17, 15) is 5.11 Å². The average Bonchev–Trinajstić information content (AvgIpc) is 3.09. The van der Waals surface area contributed by atoms with E-state index in [1.54, 1.807) is 6.92 Å². The summed E-state index contributed by atoms with van der Waals surface area (Å²) < 4.78 is 5.90. The Bertz CT molecular complexity index is 751. The number of benzene rings is 2. The molecule has 1 heterocycles. The Labute approximate surface area is 155 Å². The summed E-state index contributed by atoms with van der Waals surface area (Å²) in [6.07, 6.45) is 0.565. The number of aliphatic hydroxyl groups is 1. The van der Waals surface area contributed by atoms with Crippen LogP contribution in [0.15, 0.2) is 71.1 Å². The third-order valence-electron chi connectivity index (χ3n) is 4.07. The van der Waals surface area contributed by atoms with Crippen LogP contribution in [-0.2, 0) is 13.0 Å². The maximum atomic E-state index is 9.56. The molecule has 3 nitrogen and oxygen atoms in total. The molecule has 132 valence electrons. The van der Waals surface area contributed by atoms with Crippen molar-refractivity contribution in [1.29, 1.82) is 0 Å². The van der Waals surface area contributed by atoms with E-state index in [0.717, 1.165) is 42.2 Å². The van der Waals surface area contributed by atoms with Crippen LogP contribution in [0.4, 0.5) is 0 Å². The van der Waals surface area contributed by atoms with E-state index in [2.05, 4.69) is 29.6 Å². The topological polar surface area (TPSA) is 45.4 Å². The lowest BCUT2D eigenvalue weighted by Crippen LogP contribution is -2.16. The normalized spacial score (nSPS) is 11.8. The van der Waals surface area contributed by atoms with Crippen LogP contribution >= 0.6 is 12.4 Å². The van der Waals surface area contributed by atoms with Crippen LogP contribution in [-0.4, -0.2) is 11.7 Å². The van der Waals surface area contributed by atoms with Gasteiger partial charge in [-0.05, 0) is 43.1 Å². The molecule has 0 amide bonds. The Kier molecular flexibility index (Phi) is 7.26. The quantitative estimate of drug-likeness (QED) is 0.599. The van der Waals surface area contributed by atoms with Gasteiger partial charge in [0.15, 0.2) is 0 Å². The van der Waals surface area contributed by atoms with Gasteiger partial charge in [0.25, 0.3) is 0 Å². The Morgan fingerprint density at radius 2 is 1.68 bits per heavy atom. The molecule has 3 rings (SSSR count). The van der Waals surface area contributed by atoms with Gasteiger partial charge in [0, 0.05) is 5.56 Å². The lowest BCUT2D eigenvalue weighted by molar-refractivity contribution is 0.199. The Hall–Kier alpha value is -2.07. The number of nitrogens with one attached hydrogen (secondary N) is 1. The van der Waals surface area contributed by atoms with Gasteiger partial charge in [-0.1, -0.05) is 54.6 Å². The zero-order valence-electron chi connectivity index (χ0n) is 14.3. The summed E-state index contributed by atoms with van der Waals surface area (Å²) in [5, 5.41) is 13.0. The lowest BCUT2D eigenvalue weighted by Gasteiger charge is -2.05. The smallest absolute Gasteiger partial charge is 0.134 e. The van der Waals surface area contributed by atoms with E-state index in [-0.39, 0.29) is 12.4 Å². The van der Waals surface area contributed by atoms with Crippen LogP contribution in [0.5, 0.6) is 0 Å². The van der Waals surface area contributed by atoms with Crippen molar-refractivity contribution in [3.05, 3.63) is 83.6 Å². The number of furan rings is 1. The number of halogens is 1. The van der Waals surface area contributed by atoms with E-state index in [1.165, 1.54) is 5.56 Å². The van der Waals surface area contributed by atoms with Gasteiger partial charge in [0.1, 0.15) is 11.5 Å². The van der Waals surface area contributed by atoms with Crippen molar-refractivity contribution >= 4 is 12.4 Å². The second-order valence-electron chi connectivity index (χ2n) is 5.98. The molecule has 4 heteroatoms.